The van der Waals surface area contributed by atoms with Crippen molar-refractivity contribution < 1.29 is 4.79 Å². The van der Waals surface area contributed by atoms with Crippen molar-refractivity contribution in [1.82, 2.24) is 20.2 Å². The van der Waals surface area contributed by atoms with E-state index in [4.69, 9.17) is 0 Å². The van der Waals surface area contributed by atoms with Gasteiger partial charge in [-0.3, -0.25) is 9.78 Å². The molecule has 0 radical (unpaired) electrons. The second kappa shape index (κ2) is 11.8. The molecule has 0 saturated carbocycles. The van der Waals surface area contributed by atoms with Gasteiger partial charge in [0.1, 0.15) is 6.07 Å². The summed E-state index contributed by atoms with van der Waals surface area (Å²) in [5.74, 6) is 0.287. The van der Waals surface area contributed by atoms with Crippen LogP contribution in [0.15, 0.2) is 61.1 Å². The molecule has 3 heterocycles. The molecule has 192 valence electrons. The van der Waals surface area contributed by atoms with Crippen LogP contribution in [0, 0.1) is 18.3 Å². The highest BCUT2D eigenvalue weighted by atomic mass is 16.2. The Morgan fingerprint density at radius 3 is 2.95 bits per heavy atom. The molecule has 0 atom stereocenters. The van der Waals surface area contributed by atoms with Crippen molar-refractivity contribution in [3.63, 3.8) is 0 Å². The van der Waals surface area contributed by atoms with Gasteiger partial charge in [0.05, 0.1) is 11.3 Å². The number of aromatic nitrogens is 2. The van der Waals surface area contributed by atoms with E-state index in [2.05, 4.69) is 63.9 Å². The van der Waals surface area contributed by atoms with Crippen molar-refractivity contribution in [2.75, 3.05) is 25.0 Å². The molecule has 7 nitrogen and oxygen atoms in total. The summed E-state index contributed by atoms with van der Waals surface area (Å²) in [5.41, 5.74) is 7.51. The molecule has 0 spiro atoms. The average Bonchev–Trinajstić information content (AvgIpc) is 3.59. The monoisotopic (exact) mass is 504 g/mol. The Kier molecular flexibility index (Phi) is 7.81. The highest BCUT2D eigenvalue weighted by Gasteiger charge is 2.18. The highest BCUT2D eigenvalue weighted by molar-refractivity contribution is 5.90. The Morgan fingerprint density at radius 1 is 1.18 bits per heavy atom. The van der Waals surface area contributed by atoms with Crippen LogP contribution in [-0.2, 0) is 11.3 Å². The molecule has 0 bridgehead atoms. The molecule has 1 aliphatic heterocycles. The Labute approximate surface area is 223 Å². The van der Waals surface area contributed by atoms with E-state index in [0.717, 1.165) is 78.0 Å². The van der Waals surface area contributed by atoms with E-state index >= 15 is 0 Å². The summed E-state index contributed by atoms with van der Waals surface area (Å²) in [6, 6.07) is 16.8. The zero-order chi connectivity index (χ0) is 26.3. The normalized spacial score (nSPS) is 13.5. The lowest BCUT2D eigenvalue weighted by Crippen LogP contribution is -2.28. The standard InChI is InChI=1S/C31H32N6O/c1-22-27-12-14-35-29(27)11-10-28(22)36-31-25(20-34-21-26(31)18-32)9-8-23-5-2-6-24(17-23)19-33-13-4-16-37-15-3-7-30(37)38/h2,5-6,8-12,14,17,20-21,33,35H,3-4,7,13,15-16,19H2,1H3,(H,34,36). The van der Waals surface area contributed by atoms with Crippen LogP contribution >= 0.6 is 0 Å². The number of benzene rings is 2. The van der Waals surface area contributed by atoms with Crippen LogP contribution in [0.5, 0.6) is 0 Å². The number of fused-ring (bicyclic) bond motifs is 1. The zero-order valence-electron chi connectivity index (χ0n) is 21.6. The van der Waals surface area contributed by atoms with E-state index in [1.54, 1.807) is 12.4 Å². The minimum atomic E-state index is 0.287. The Morgan fingerprint density at radius 2 is 2.11 bits per heavy atom. The van der Waals surface area contributed by atoms with E-state index in [-0.39, 0.29) is 5.91 Å². The summed E-state index contributed by atoms with van der Waals surface area (Å²) >= 11 is 0. The maximum atomic E-state index is 11.7. The predicted molar refractivity (Wildman–Crippen MR) is 153 cm³/mol. The number of hydrogen-bond donors (Lipinski definition) is 3. The van der Waals surface area contributed by atoms with Gasteiger partial charge in [0.15, 0.2) is 0 Å². The molecule has 0 unspecified atom stereocenters. The number of amides is 1. The number of nitrogens with zero attached hydrogens (tertiary/aromatic N) is 3. The molecule has 7 heteroatoms. The van der Waals surface area contributed by atoms with Gasteiger partial charge in [-0.15, -0.1) is 0 Å². The van der Waals surface area contributed by atoms with Gasteiger partial charge in [-0.05, 0) is 61.2 Å². The van der Waals surface area contributed by atoms with Gasteiger partial charge < -0.3 is 20.5 Å². The smallest absolute Gasteiger partial charge is 0.222 e. The SMILES string of the molecule is Cc1c(Nc2c(C#N)cncc2C=Cc2cccc(CNCCCN3CCCC3=O)c2)ccc2[nH]ccc12. The van der Waals surface area contributed by atoms with Crippen molar-refractivity contribution >= 4 is 40.3 Å². The average molecular weight is 505 g/mol. The van der Waals surface area contributed by atoms with E-state index < -0.39 is 0 Å². The number of nitriles is 1. The fraction of sp³-hybridized carbons (Fsp3) is 0.258. The first-order valence-electron chi connectivity index (χ1n) is 13.1. The Hall–Kier alpha value is -4.41. The zero-order valence-corrected chi connectivity index (χ0v) is 21.6. The number of aromatic amines is 1. The van der Waals surface area contributed by atoms with Crippen molar-refractivity contribution in [3.05, 3.63) is 88.9 Å². The Bertz CT molecular complexity index is 1510. The van der Waals surface area contributed by atoms with Crippen LogP contribution in [0.25, 0.3) is 23.1 Å². The number of aryl methyl sites for hydroxylation is 1. The predicted octanol–water partition coefficient (Wildman–Crippen LogP) is 5.76. The lowest BCUT2D eigenvalue weighted by Gasteiger charge is -2.15. The molecule has 1 aliphatic rings. The number of nitrogens with one attached hydrogen (secondary N) is 3. The molecular weight excluding hydrogens is 472 g/mol. The molecule has 38 heavy (non-hydrogen) atoms. The van der Waals surface area contributed by atoms with Gasteiger partial charge in [-0.25, -0.2) is 0 Å². The topological polar surface area (TPSA) is 96.8 Å². The van der Waals surface area contributed by atoms with Gasteiger partial charge in [0, 0.05) is 66.8 Å². The molecule has 4 aromatic rings. The summed E-state index contributed by atoms with van der Waals surface area (Å²) in [4.78, 5) is 21.2. The van der Waals surface area contributed by atoms with Crippen LogP contribution in [0.1, 0.15) is 47.1 Å². The third kappa shape index (κ3) is 5.77. The van der Waals surface area contributed by atoms with Crippen molar-refractivity contribution in [2.24, 2.45) is 0 Å². The largest absolute Gasteiger partial charge is 0.361 e. The van der Waals surface area contributed by atoms with Crippen LogP contribution in [0.3, 0.4) is 0 Å². The molecular formula is C31H32N6O. The second-order valence-electron chi connectivity index (χ2n) is 9.66. The van der Waals surface area contributed by atoms with Gasteiger partial charge in [-0.1, -0.05) is 36.4 Å². The highest BCUT2D eigenvalue weighted by Crippen LogP contribution is 2.31. The van der Waals surface area contributed by atoms with Crippen LogP contribution in [-0.4, -0.2) is 40.4 Å². The number of rotatable bonds is 10. The van der Waals surface area contributed by atoms with Crippen LogP contribution in [0.4, 0.5) is 11.4 Å². The Balaban J connectivity index is 1.26. The summed E-state index contributed by atoms with van der Waals surface area (Å²) in [7, 11) is 0. The van der Waals surface area contributed by atoms with Gasteiger partial charge >= 0.3 is 0 Å². The molecule has 3 N–H and O–H groups in total. The fourth-order valence-corrected chi connectivity index (χ4v) is 4.94. The number of anilines is 2. The summed E-state index contributed by atoms with van der Waals surface area (Å²) in [6.45, 7) is 5.46. The minimum Gasteiger partial charge on any atom is -0.361 e. The van der Waals surface area contributed by atoms with Crippen LogP contribution < -0.4 is 10.6 Å². The number of hydrogen-bond acceptors (Lipinski definition) is 5. The summed E-state index contributed by atoms with van der Waals surface area (Å²) < 4.78 is 0. The molecule has 2 aromatic carbocycles. The minimum absolute atomic E-state index is 0.287. The number of pyridine rings is 1. The molecule has 1 saturated heterocycles. The molecule has 5 rings (SSSR count). The van der Waals surface area contributed by atoms with Crippen LogP contribution in [0.2, 0.25) is 0 Å². The van der Waals surface area contributed by atoms with E-state index in [1.807, 2.05) is 35.4 Å². The number of carbonyl (C=O) groups excluding carboxylic acids is 1. The van der Waals surface area contributed by atoms with Gasteiger partial charge in [0.2, 0.25) is 5.91 Å². The first-order valence-corrected chi connectivity index (χ1v) is 13.1. The molecule has 2 aromatic heterocycles. The van der Waals surface area contributed by atoms with Gasteiger partial charge in [0.25, 0.3) is 0 Å². The lowest BCUT2D eigenvalue weighted by atomic mass is 10.1. The van der Waals surface area contributed by atoms with E-state index in [1.165, 1.54) is 5.56 Å². The molecule has 1 fully saturated rings. The van der Waals surface area contributed by atoms with Crippen molar-refractivity contribution in [2.45, 2.75) is 32.7 Å². The van der Waals surface area contributed by atoms with E-state index in [0.29, 0.717) is 12.0 Å². The number of H-pyrrole nitrogens is 1. The van der Waals surface area contributed by atoms with E-state index in [9.17, 15) is 10.1 Å². The summed E-state index contributed by atoms with van der Waals surface area (Å²) in [5, 5.41) is 17.9. The summed E-state index contributed by atoms with van der Waals surface area (Å²) in [6.07, 6.45) is 12.0. The number of carbonyl (C=O) groups is 1. The third-order valence-corrected chi connectivity index (χ3v) is 7.05. The lowest BCUT2D eigenvalue weighted by molar-refractivity contribution is -0.127. The first kappa shape index (κ1) is 25.2. The van der Waals surface area contributed by atoms with Gasteiger partial charge in [-0.2, -0.15) is 5.26 Å². The molecule has 0 aliphatic carbocycles. The second-order valence-corrected chi connectivity index (χ2v) is 9.66. The maximum Gasteiger partial charge on any atom is 0.222 e. The fourth-order valence-electron chi connectivity index (χ4n) is 4.94. The number of likely N-dealkylation sites (tertiary alicyclic amines) is 1. The van der Waals surface area contributed by atoms with Crippen molar-refractivity contribution in [1.29, 1.82) is 5.26 Å². The molecule has 1 amide bonds. The first-order chi connectivity index (χ1) is 18.6. The maximum absolute atomic E-state index is 11.7. The third-order valence-electron chi connectivity index (χ3n) is 7.05. The van der Waals surface area contributed by atoms with Crippen molar-refractivity contribution in [3.8, 4) is 6.07 Å². The quantitative estimate of drug-likeness (QED) is 0.239.